The number of nitrogens with two attached hydrogens (primary N) is 1. The van der Waals surface area contributed by atoms with Gasteiger partial charge >= 0.3 is 0 Å². The predicted octanol–water partition coefficient (Wildman–Crippen LogP) is 2.15. The van der Waals surface area contributed by atoms with E-state index >= 15 is 0 Å². The largest absolute Gasteiger partial charge is 0.495 e. The van der Waals surface area contributed by atoms with E-state index in [1.54, 1.807) is 7.11 Å². The summed E-state index contributed by atoms with van der Waals surface area (Å²) in [5.74, 6) is 0.849. The molecule has 1 rings (SSSR count). The lowest BCUT2D eigenvalue weighted by Crippen LogP contribution is -2.39. The Morgan fingerprint density at radius 2 is 2.07 bits per heavy atom. The van der Waals surface area contributed by atoms with E-state index in [0.717, 1.165) is 11.4 Å². The number of hydrogen-bond acceptors (Lipinski definition) is 3. The van der Waals surface area contributed by atoms with Gasteiger partial charge in [-0.05, 0) is 38.5 Å². The summed E-state index contributed by atoms with van der Waals surface area (Å²) in [7, 11) is 1.67. The summed E-state index contributed by atoms with van der Waals surface area (Å²) in [6.07, 6.45) is 0. The van der Waals surface area contributed by atoms with Crippen molar-refractivity contribution >= 4 is 5.69 Å². The van der Waals surface area contributed by atoms with E-state index < -0.39 is 0 Å². The third-order valence-electron chi connectivity index (χ3n) is 2.34. The Hall–Kier alpha value is -1.22. The van der Waals surface area contributed by atoms with Crippen molar-refractivity contribution in [1.29, 1.82) is 0 Å². The Labute approximate surface area is 91.6 Å². The van der Waals surface area contributed by atoms with Gasteiger partial charge in [-0.25, -0.2) is 0 Å². The van der Waals surface area contributed by atoms with Gasteiger partial charge < -0.3 is 15.8 Å². The van der Waals surface area contributed by atoms with Gasteiger partial charge in [0.2, 0.25) is 0 Å². The summed E-state index contributed by atoms with van der Waals surface area (Å²) < 4.78 is 5.29. The monoisotopic (exact) mass is 208 g/mol. The Bertz CT molecular complexity index is 334. The number of nitrogens with one attached hydrogen (secondary N) is 1. The quantitative estimate of drug-likeness (QED) is 0.797. The Kier molecular flexibility index (Phi) is 3.58. The highest BCUT2D eigenvalue weighted by molar-refractivity contribution is 5.59. The molecule has 0 bridgehead atoms. The molecule has 0 radical (unpaired) electrons. The minimum atomic E-state index is -0.124. The number of benzene rings is 1. The van der Waals surface area contributed by atoms with Gasteiger partial charge in [0.05, 0.1) is 12.8 Å². The molecule has 15 heavy (non-hydrogen) atoms. The second-order valence-electron chi connectivity index (χ2n) is 4.42. The second kappa shape index (κ2) is 4.53. The fourth-order valence-corrected chi connectivity index (χ4v) is 1.34. The van der Waals surface area contributed by atoms with E-state index in [-0.39, 0.29) is 5.54 Å². The predicted molar refractivity (Wildman–Crippen MR) is 64.5 cm³/mol. The number of hydrogen-bond donors (Lipinski definition) is 2. The molecular formula is C12H20N2O. The minimum Gasteiger partial charge on any atom is -0.495 e. The first kappa shape index (κ1) is 11.9. The van der Waals surface area contributed by atoms with E-state index in [9.17, 15) is 0 Å². The molecular weight excluding hydrogens is 188 g/mol. The van der Waals surface area contributed by atoms with E-state index in [1.165, 1.54) is 5.56 Å². The number of aryl methyl sites for hydroxylation is 1. The highest BCUT2D eigenvalue weighted by Gasteiger charge is 2.16. The maximum atomic E-state index is 5.68. The van der Waals surface area contributed by atoms with Gasteiger partial charge in [0.15, 0.2) is 0 Å². The molecule has 0 saturated carbocycles. The van der Waals surface area contributed by atoms with Gasteiger partial charge in [0, 0.05) is 12.1 Å². The smallest absolute Gasteiger partial charge is 0.141 e. The van der Waals surface area contributed by atoms with Gasteiger partial charge in [-0.3, -0.25) is 0 Å². The molecule has 0 aliphatic carbocycles. The third kappa shape index (κ3) is 3.13. The van der Waals surface area contributed by atoms with E-state index in [2.05, 4.69) is 32.2 Å². The zero-order valence-corrected chi connectivity index (χ0v) is 9.92. The van der Waals surface area contributed by atoms with Crippen molar-refractivity contribution in [2.75, 3.05) is 19.0 Å². The van der Waals surface area contributed by atoms with Crippen LogP contribution in [0.15, 0.2) is 18.2 Å². The number of ether oxygens (including phenoxy) is 1. The van der Waals surface area contributed by atoms with Crippen molar-refractivity contribution in [3.8, 4) is 5.75 Å². The van der Waals surface area contributed by atoms with Gasteiger partial charge in [-0.15, -0.1) is 0 Å². The molecule has 0 amide bonds. The first-order valence-electron chi connectivity index (χ1n) is 5.11. The van der Waals surface area contributed by atoms with Crippen LogP contribution >= 0.6 is 0 Å². The molecule has 0 unspecified atom stereocenters. The highest BCUT2D eigenvalue weighted by atomic mass is 16.5. The third-order valence-corrected chi connectivity index (χ3v) is 2.34. The molecule has 0 aliphatic rings. The summed E-state index contributed by atoms with van der Waals surface area (Å²) in [6.45, 7) is 6.76. The van der Waals surface area contributed by atoms with Crippen molar-refractivity contribution < 1.29 is 4.74 Å². The molecule has 0 aromatic heterocycles. The summed E-state index contributed by atoms with van der Waals surface area (Å²) >= 11 is 0. The summed E-state index contributed by atoms with van der Waals surface area (Å²) in [5, 5.41) is 3.38. The van der Waals surface area contributed by atoms with Crippen LogP contribution < -0.4 is 15.8 Å². The molecule has 1 aromatic rings. The maximum absolute atomic E-state index is 5.68. The fourth-order valence-electron chi connectivity index (χ4n) is 1.34. The molecule has 3 N–H and O–H groups in total. The molecule has 84 valence electrons. The SMILES string of the molecule is COc1ccc(C)cc1NC(C)(C)CN. The lowest BCUT2D eigenvalue weighted by molar-refractivity contribution is 0.414. The average Bonchev–Trinajstić information content (AvgIpc) is 2.18. The molecule has 3 nitrogen and oxygen atoms in total. The van der Waals surface area contributed by atoms with Crippen LogP contribution in [0.5, 0.6) is 5.75 Å². The van der Waals surface area contributed by atoms with Crippen LogP contribution in [0, 0.1) is 6.92 Å². The van der Waals surface area contributed by atoms with Crippen LogP contribution in [0.25, 0.3) is 0 Å². The van der Waals surface area contributed by atoms with Crippen LogP contribution in [0.2, 0.25) is 0 Å². The lowest BCUT2D eigenvalue weighted by atomic mass is 10.0. The maximum Gasteiger partial charge on any atom is 0.141 e. The molecule has 1 aromatic carbocycles. The van der Waals surface area contributed by atoms with E-state index in [0.29, 0.717) is 6.54 Å². The topological polar surface area (TPSA) is 47.3 Å². The molecule has 0 heterocycles. The van der Waals surface area contributed by atoms with Crippen LogP contribution in [0.3, 0.4) is 0 Å². The Morgan fingerprint density at radius 3 is 2.60 bits per heavy atom. The van der Waals surface area contributed by atoms with Gasteiger partial charge in [-0.2, -0.15) is 0 Å². The standard InChI is InChI=1S/C12H20N2O/c1-9-5-6-11(15-4)10(7-9)14-12(2,3)8-13/h5-7,14H,8,13H2,1-4H3. The van der Waals surface area contributed by atoms with Gasteiger partial charge in [0.1, 0.15) is 5.75 Å². The van der Waals surface area contributed by atoms with E-state index in [4.69, 9.17) is 10.5 Å². The second-order valence-corrected chi connectivity index (χ2v) is 4.42. The van der Waals surface area contributed by atoms with Crippen molar-refractivity contribution in [3.63, 3.8) is 0 Å². The van der Waals surface area contributed by atoms with Gasteiger partial charge in [-0.1, -0.05) is 6.07 Å². The Morgan fingerprint density at radius 1 is 1.40 bits per heavy atom. The average molecular weight is 208 g/mol. The molecule has 0 atom stereocenters. The Balaban J connectivity index is 2.97. The molecule has 0 saturated heterocycles. The van der Waals surface area contributed by atoms with E-state index in [1.807, 2.05) is 12.1 Å². The van der Waals surface area contributed by atoms with Crippen molar-refractivity contribution in [1.82, 2.24) is 0 Å². The summed E-state index contributed by atoms with van der Waals surface area (Å²) in [6, 6.07) is 6.06. The normalized spacial score (nSPS) is 11.3. The summed E-state index contributed by atoms with van der Waals surface area (Å²) in [4.78, 5) is 0. The highest BCUT2D eigenvalue weighted by Crippen LogP contribution is 2.27. The molecule has 3 heteroatoms. The number of rotatable bonds is 4. The van der Waals surface area contributed by atoms with Crippen LogP contribution in [0.4, 0.5) is 5.69 Å². The minimum absolute atomic E-state index is 0.124. The zero-order valence-electron chi connectivity index (χ0n) is 9.92. The van der Waals surface area contributed by atoms with Crippen LogP contribution in [-0.2, 0) is 0 Å². The lowest BCUT2D eigenvalue weighted by Gasteiger charge is -2.26. The van der Waals surface area contributed by atoms with Crippen molar-refractivity contribution in [3.05, 3.63) is 23.8 Å². The van der Waals surface area contributed by atoms with Crippen molar-refractivity contribution in [2.45, 2.75) is 26.3 Å². The van der Waals surface area contributed by atoms with Crippen molar-refractivity contribution in [2.24, 2.45) is 5.73 Å². The molecule has 0 aliphatic heterocycles. The van der Waals surface area contributed by atoms with Gasteiger partial charge in [0.25, 0.3) is 0 Å². The van der Waals surface area contributed by atoms with Crippen LogP contribution in [-0.4, -0.2) is 19.2 Å². The first-order chi connectivity index (χ1) is 6.98. The fraction of sp³-hybridized carbons (Fsp3) is 0.500. The molecule has 0 spiro atoms. The zero-order chi connectivity index (χ0) is 11.5. The first-order valence-corrected chi connectivity index (χ1v) is 5.11. The number of anilines is 1. The number of methoxy groups -OCH3 is 1. The summed E-state index contributed by atoms with van der Waals surface area (Å²) in [5.41, 5.74) is 7.75. The molecule has 0 fully saturated rings. The van der Waals surface area contributed by atoms with Crippen LogP contribution in [0.1, 0.15) is 19.4 Å².